The molecule has 1 fully saturated rings. The van der Waals surface area contributed by atoms with Gasteiger partial charge in [0, 0.05) is 29.1 Å². The molecule has 8 nitrogen and oxygen atoms in total. The third-order valence-corrected chi connectivity index (χ3v) is 7.52. The number of methoxy groups -OCH3 is 1. The number of fused-ring (bicyclic) bond motifs is 2. The second-order valence-corrected chi connectivity index (χ2v) is 9.68. The normalized spacial score (nSPS) is 20.2. The zero-order chi connectivity index (χ0) is 25.9. The van der Waals surface area contributed by atoms with Crippen molar-refractivity contribution in [2.24, 2.45) is 7.05 Å². The molecule has 3 aromatic rings. The fourth-order valence-electron chi connectivity index (χ4n) is 4.31. The van der Waals surface area contributed by atoms with E-state index >= 15 is 0 Å². The van der Waals surface area contributed by atoms with E-state index < -0.39 is 41.8 Å². The van der Waals surface area contributed by atoms with Crippen LogP contribution in [0.15, 0.2) is 36.8 Å². The van der Waals surface area contributed by atoms with Crippen molar-refractivity contribution in [2.45, 2.75) is 17.5 Å². The second kappa shape index (κ2) is 8.66. The lowest BCUT2D eigenvalue weighted by Gasteiger charge is -2.41. The summed E-state index contributed by atoms with van der Waals surface area (Å²) in [5.74, 6) is -1.57. The van der Waals surface area contributed by atoms with Gasteiger partial charge in [0.05, 0.1) is 41.8 Å². The molecule has 2 aliphatic heterocycles. The minimum absolute atomic E-state index is 0.0173. The van der Waals surface area contributed by atoms with E-state index in [4.69, 9.17) is 16.3 Å². The third-order valence-electron chi connectivity index (χ3n) is 5.86. The highest BCUT2D eigenvalue weighted by Gasteiger charge is 2.53. The number of thioether (sulfide) groups is 1. The van der Waals surface area contributed by atoms with E-state index in [1.807, 2.05) is 0 Å². The van der Waals surface area contributed by atoms with Crippen molar-refractivity contribution in [1.82, 2.24) is 19.7 Å². The summed E-state index contributed by atoms with van der Waals surface area (Å²) in [7, 11) is 2.83. The summed E-state index contributed by atoms with van der Waals surface area (Å²) in [6.45, 7) is -1.59. The fourth-order valence-corrected chi connectivity index (χ4v) is 5.97. The summed E-state index contributed by atoms with van der Waals surface area (Å²) >= 11 is 7.16. The number of benzene rings is 1. The van der Waals surface area contributed by atoms with Crippen LogP contribution in [0.25, 0.3) is 15.8 Å². The van der Waals surface area contributed by atoms with Gasteiger partial charge >= 0.3 is 12.2 Å². The van der Waals surface area contributed by atoms with Gasteiger partial charge in [0.2, 0.25) is 0 Å². The molecule has 2 aliphatic rings. The Morgan fingerprint density at radius 3 is 2.64 bits per heavy atom. The molecule has 3 amide bonds. The molecule has 14 heteroatoms. The highest BCUT2D eigenvalue weighted by atomic mass is 35.5. The van der Waals surface area contributed by atoms with Crippen LogP contribution in [0, 0.1) is 5.82 Å². The molecule has 2 atom stereocenters. The third kappa shape index (κ3) is 3.95. The first-order valence-electron chi connectivity index (χ1n) is 10.4. The van der Waals surface area contributed by atoms with Gasteiger partial charge in [-0.2, -0.15) is 18.3 Å². The summed E-state index contributed by atoms with van der Waals surface area (Å²) in [5, 5.41) is 3.46. The molecule has 2 unspecified atom stereocenters. The number of hydrogen-bond acceptors (Lipinski definition) is 6. The average molecular weight is 542 g/mol. The average Bonchev–Trinajstić information content (AvgIpc) is 3.41. The van der Waals surface area contributed by atoms with Gasteiger partial charge in [0.15, 0.2) is 11.6 Å². The van der Waals surface area contributed by atoms with E-state index in [1.165, 1.54) is 42.5 Å². The van der Waals surface area contributed by atoms with Crippen LogP contribution in [-0.2, 0) is 11.8 Å². The van der Waals surface area contributed by atoms with Gasteiger partial charge in [-0.25, -0.2) is 14.1 Å². The molecule has 0 saturated carbocycles. The van der Waals surface area contributed by atoms with E-state index in [-0.39, 0.29) is 22.0 Å². The number of nitrogens with zero attached hydrogens (tertiary/aromatic N) is 5. The number of halogens is 5. The molecule has 4 heterocycles. The number of carbonyl (C=O) groups is 2. The number of ether oxygens (including phenoxy) is 1. The zero-order valence-corrected chi connectivity index (χ0v) is 20.2. The summed E-state index contributed by atoms with van der Waals surface area (Å²) in [4.78, 5) is 32.7. The first-order chi connectivity index (χ1) is 17.0. The molecule has 1 saturated heterocycles. The Morgan fingerprint density at radius 2 is 1.94 bits per heavy atom. The Hall–Kier alpha value is -3.32. The molecular formula is C22H16ClF4N5O3S. The van der Waals surface area contributed by atoms with E-state index in [1.54, 1.807) is 7.05 Å². The number of pyridine rings is 1. The van der Waals surface area contributed by atoms with Crippen molar-refractivity contribution in [3.05, 3.63) is 53.2 Å². The van der Waals surface area contributed by atoms with Crippen LogP contribution in [-0.4, -0.2) is 62.7 Å². The van der Waals surface area contributed by atoms with Gasteiger partial charge < -0.3 is 9.64 Å². The first-order valence-corrected chi connectivity index (χ1v) is 11.6. The lowest BCUT2D eigenvalue weighted by Crippen LogP contribution is -2.63. The van der Waals surface area contributed by atoms with Crippen LogP contribution in [0.3, 0.4) is 0 Å². The van der Waals surface area contributed by atoms with Crippen LogP contribution in [0.1, 0.15) is 5.56 Å². The molecule has 0 radical (unpaired) electrons. The van der Waals surface area contributed by atoms with Crippen molar-refractivity contribution < 1.29 is 31.9 Å². The number of anilines is 1. The maximum absolute atomic E-state index is 14.1. The quantitative estimate of drug-likeness (QED) is 0.448. The summed E-state index contributed by atoms with van der Waals surface area (Å²) in [6, 6.07) is -0.0453. The predicted octanol–water partition coefficient (Wildman–Crippen LogP) is 4.63. The number of amides is 3. The van der Waals surface area contributed by atoms with Crippen molar-refractivity contribution in [2.75, 3.05) is 18.6 Å². The highest BCUT2D eigenvalue weighted by molar-refractivity contribution is 8.09. The first kappa shape index (κ1) is 24.4. The molecule has 1 aromatic carbocycles. The Kier molecular flexibility index (Phi) is 5.86. The van der Waals surface area contributed by atoms with Crippen LogP contribution >= 0.6 is 23.4 Å². The Balaban J connectivity index is 1.62. The Morgan fingerprint density at radius 1 is 1.19 bits per heavy atom. The SMILES string of the molecule is COc1cc(C2=CC3C(S2)C(=O)N(c2cncc4cnn(C)c24)C(=O)N3CC(F)(F)F)c(Cl)cc1F. The van der Waals surface area contributed by atoms with E-state index in [0.29, 0.717) is 25.6 Å². The standard InChI is InChI=1S/C22H16ClF4N5O3S/c1-30-18-10(7-29-30)6-28-8-15(18)32-20(33)19-14(31(21(32)34)9-22(25,26)27)5-17(36-19)11-3-16(35-2)13(24)4-12(11)23/h3-8,14,19H,9H2,1-2H3. The molecule has 0 bridgehead atoms. The van der Waals surface area contributed by atoms with Crippen LogP contribution in [0.2, 0.25) is 5.02 Å². The largest absolute Gasteiger partial charge is 0.494 e. The number of rotatable bonds is 4. The van der Waals surface area contributed by atoms with E-state index in [9.17, 15) is 27.2 Å². The molecule has 2 aromatic heterocycles. The van der Waals surface area contributed by atoms with Crippen molar-refractivity contribution in [1.29, 1.82) is 0 Å². The van der Waals surface area contributed by atoms with Crippen LogP contribution < -0.4 is 9.64 Å². The smallest absolute Gasteiger partial charge is 0.406 e. The number of imide groups is 1. The number of aryl methyl sites for hydroxylation is 1. The molecule has 188 valence electrons. The summed E-state index contributed by atoms with van der Waals surface area (Å²) in [5.41, 5.74) is 0.645. The maximum Gasteiger partial charge on any atom is 0.406 e. The van der Waals surface area contributed by atoms with Gasteiger partial charge in [-0.3, -0.25) is 14.5 Å². The van der Waals surface area contributed by atoms with Crippen molar-refractivity contribution in [3.8, 4) is 5.75 Å². The Labute approximate surface area is 210 Å². The van der Waals surface area contributed by atoms with Gasteiger partial charge in [-0.1, -0.05) is 11.6 Å². The van der Waals surface area contributed by atoms with Crippen LogP contribution in [0.4, 0.5) is 28.0 Å². The topological polar surface area (TPSA) is 80.6 Å². The summed E-state index contributed by atoms with van der Waals surface area (Å²) < 4.78 is 61.1. The van der Waals surface area contributed by atoms with Crippen molar-refractivity contribution in [3.63, 3.8) is 0 Å². The minimum atomic E-state index is -4.74. The van der Waals surface area contributed by atoms with Gasteiger partial charge in [-0.05, 0) is 18.2 Å². The monoisotopic (exact) mass is 541 g/mol. The number of hydrogen-bond donors (Lipinski definition) is 0. The number of alkyl halides is 3. The van der Waals surface area contributed by atoms with Gasteiger partial charge in [0.25, 0.3) is 5.91 Å². The fraction of sp³-hybridized carbons (Fsp3) is 0.273. The maximum atomic E-state index is 14.1. The second-order valence-electron chi connectivity index (χ2n) is 8.09. The van der Waals surface area contributed by atoms with Crippen molar-refractivity contribution >= 4 is 56.8 Å². The highest BCUT2D eigenvalue weighted by Crippen LogP contribution is 2.48. The summed E-state index contributed by atoms with van der Waals surface area (Å²) in [6.07, 6.45) is 0.808. The lowest BCUT2D eigenvalue weighted by molar-refractivity contribution is -0.145. The molecular weight excluding hydrogens is 526 g/mol. The van der Waals surface area contributed by atoms with Gasteiger partial charge in [0.1, 0.15) is 11.8 Å². The zero-order valence-electron chi connectivity index (χ0n) is 18.6. The molecule has 5 rings (SSSR count). The van der Waals surface area contributed by atoms with E-state index in [2.05, 4.69) is 10.1 Å². The van der Waals surface area contributed by atoms with E-state index in [0.717, 1.165) is 17.8 Å². The predicted molar refractivity (Wildman–Crippen MR) is 125 cm³/mol. The molecule has 0 aliphatic carbocycles. The molecule has 0 N–H and O–H groups in total. The number of aromatic nitrogens is 3. The Bertz CT molecular complexity index is 1440. The van der Waals surface area contributed by atoms with Gasteiger partial charge in [-0.15, -0.1) is 11.8 Å². The lowest BCUT2D eigenvalue weighted by atomic mass is 10.0. The molecule has 36 heavy (non-hydrogen) atoms. The number of carbonyl (C=O) groups excluding carboxylic acids is 2. The molecule has 0 spiro atoms. The van der Waals surface area contributed by atoms with Crippen LogP contribution in [0.5, 0.6) is 5.75 Å². The number of urea groups is 1. The minimum Gasteiger partial charge on any atom is -0.494 e.